The molecule has 0 aliphatic rings. The summed E-state index contributed by atoms with van der Waals surface area (Å²) in [6, 6.07) is 5.89. The van der Waals surface area contributed by atoms with Gasteiger partial charge in [0.05, 0.1) is 0 Å². The van der Waals surface area contributed by atoms with E-state index in [1.807, 2.05) is 28.8 Å². The van der Waals surface area contributed by atoms with Gasteiger partial charge in [0.15, 0.2) is 11.6 Å². The molecule has 2 rings (SSSR count). The smallest absolute Gasteiger partial charge is 0.191 e. The largest absolute Gasteiger partial charge is 0.356 e. The third kappa shape index (κ3) is 5.14. The zero-order chi connectivity index (χ0) is 14.6. The molecule has 0 unspecified atom stereocenters. The van der Waals surface area contributed by atoms with E-state index in [9.17, 15) is 0 Å². The Labute approximate surface area is 142 Å². The van der Waals surface area contributed by atoms with Crippen LogP contribution in [-0.4, -0.2) is 39.7 Å². The highest BCUT2D eigenvalue weighted by Crippen LogP contribution is 2.03. The van der Waals surface area contributed by atoms with Gasteiger partial charge in [-0.05, 0) is 32.9 Å². The molecule has 0 aliphatic heterocycles. The molecule has 0 bridgehead atoms. The third-order valence-electron chi connectivity index (χ3n) is 2.74. The van der Waals surface area contributed by atoms with Crippen LogP contribution < -0.4 is 10.6 Å². The van der Waals surface area contributed by atoms with Crippen LogP contribution in [0.2, 0.25) is 0 Å². The number of aliphatic imine (C=N–C) groups is 1. The van der Waals surface area contributed by atoms with Gasteiger partial charge in [0.25, 0.3) is 0 Å². The van der Waals surface area contributed by atoms with E-state index in [0.717, 1.165) is 30.4 Å². The Balaban J connectivity index is 0.00000220. The van der Waals surface area contributed by atoms with Crippen molar-refractivity contribution in [3.8, 4) is 0 Å². The molecule has 0 amide bonds. The number of nitrogens with one attached hydrogen (secondary N) is 2. The molecule has 0 radical (unpaired) electrons. The number of hydrogen-bond acceptors (Lipinski definition) is 3. The van der Waals surface area contributed by atoms with Crippen LogP contribution in [0.4, 0.5) is 0 Å². The number of fused-ring (bicyclic) bond motifs is 1. The molecule has 0 spiro atoms. The Morgan fingerprint density at radius 1 is 1.29 bits per heavy atom. The van der Waals surface area contributed by atoms with Gasteiger partial charge in [-0.1, -0.05) is 6.07 Å². The van der Waals surface area contributed by atoms with Gasteiger partial charge in [-0.25, -0.2) is 0 Å². The van der Waals surface area contributed by atoms with E-state index in [1.165, 1.54) is 0 Å². The maximum Gasteiger partial charge on any atom is 0.191 e. The third-order valence-corrected chi connectivity index (χ3v) is 2.74. The van der Waals surface area contributed by atoms with Gasteiger partial charge < -0.3 is 10.6 Å². The minimum absolute atomic E-state index is 0. The highest BCUT2D eigenvalue weighted by atomic mass is 127. The first-order valence-corrected chi connectivity index (χ1v) is 6.77. The van der Waals surface area contributed by atoms with Crippen molar-refractivity contribution < 1.29 is 0 Å². The summed E-state index contributed by atoms with van der Waals surface area (Å²) in [5.74, 6) is 1.74. The van der Waals surface area contributed by atoms with Gasteiger partial charge in [-0.15, -0.1) is 34.2 Å². The average molecular weight is 402 g/mol. The molecule has 7 heteroatoms. The minimum Gasteiger partial charge on any atom is -0.356 e. The van der Waals surface area contributed by atoms with Crippen LogP contribution in [0, 0.1) is 0 Å². The van der Waals surface area contributed by atoms with Crippen LogP contribution in [0.3, 0.4) is 0 Å². The van der Waals surface area contributed by atoms with Crippen molar-refractivity contribution in [1.82, 2.24) is 25.2 Å². The van der Waals surface area contributed by atoms with E-state index in [2.05, 4.69) is 46.6 Å². The molecule has 116 valence electrons. The Morgan fingerprint density at radius 2 is 2.05 bits per heavy atom. The Morgan fingerprint density at radius 3 is 2.71 bits per heavy atom. The van der Waals surface area contributed by atoms with Crippen LogP contribution in [0.1, 0.15) is 26.6 Å². The predicted octanol–water partition coefficient (Wildman–Crippen LogP) is 1.85. The molecule has 2 aromatic rings. The first-order chi connectivity index (χ1) is 9.49. The second-order valence-corrected chi connectivity index (χ2v) is 5.67. The van der Waals surface area contributed by atoms with Crippen molar-refractivity contribution in [1.29, 1.82) is 0 Å². The van der Waals surface area contributed by atoms with Crippen LogP contribution in [0.5, 0.6) is 0 Å². The maximum atomic E-state index is 4.21. The fraction of sp³-hybridized carbons (Fsp3) is 0.500. The standard InChI is InChI=1S/C14H22N6.HI/c1-14(2,3)17-13(15-4)16-9-8-12-19-18-11-7-5-6-10-20(11)12;/h5-7,10H,8-9H2,1-4H3,(H2,15,16,17);1H. The lowest BCUT2D eigenvalue weighted by atomic mass is 10.1. The first-order valence-electron chi connectivity index (χ1n) is 6.77. The molecule has 21 heavy (non-hydrogen) atoms. The van der Waals surface area contributed by atoms with Gasteiger partial charge in [0.1, 0.15) is 5.82 Å². The summed E-state index contributed by atoms with van der Waals surface area (Å²) >= 11 is 0. The molecule has 0 fully saturated rings. The fourth-order valence-corrected chi connectivity index (χ4v) is 1.89. The summed E-state index contributed by atoms with van der Waals surface area (Å²) < 4.78 is 2.00. The highest BCUT2D eigenvalue weighted by Gasteiger charge is 2.11. The minimum atomic E-state index is -0.0105. The molecule has 0 aromatic carbocycles. The van der Waals surface area contributed by atoms with Crippen molar-refractivity contribution >= 4 is 35.6 Å². The van der Waals surface area contributed by atoms with Gasteiger partial charge >= 0.3 is 0 Å². The number of hydrogen-bond donors (Lipinski definition) is 2. The normalized spacial score (nSPS) is 12.1. The SMILES string of the molecule is CN=C(NCCc1nnc2ccccn12)NC(C)(C)C.I. The molecule has 2 heterocycles. The van der Waals surface area contributed by atoms with Crippen molar-refractivity contribution in [2.24, 2.45) is 4.99 Å². The van der Waals surface area contributed by atoms with Crippen LogP contribution in [0.15, 0.2) is 29.4 Å². The van der Waals surface area contributed by atoms with E-state index in [0.29, 0.717) is 0 Å². The summed E-state index contributed by atoms with van der Waals surface area (Å²) in [6.45, 7) is 7.06. The fourth-order valence-electron chi connectivity index (χ4n) is 1.89. The summed E-state index contributed by atoms with van der Waals surface area (Å²) in [5, 5.41) is 14.9. The van der Waals surface area contributed by atoms with E-state index in [-0.39, 0.29) is 29.5 Å². The molecule has 2 N–H and O–H groups in total. The Kier molecular flexibility index (Phi) is 6.38. The number of pyridine rings is 1. The molecule has 0 saturated carbocycles. The lowest BCUT2D eigenvalue weighted by molar-refractivity contribution is 0.501. The van der Waals surface area contributed by atoms with Crippen molar-refractivity contribution in [3.63, 3.8) is 0 Å². The van der Waals surface area contributed by atoms with Gasteiger partial charge in [0, 0.05) is 31.7 Å². The molecular weight excluding hydrogens is 379 g/mol. The second-order valence-electron chi connectivity index (χ2n) is 5.67. The van der Waals surface area contributed by atoms with E-state index < -0.39 is 0 Å². The molecular formula is C14H23IN6. The summed E-state index contributed by atoms with van der Waals surface area (Å²) in [4.78, 5) is 4.21. The highest BCUT2D eigenvalue weighted by molar-refractivity contribution is 14.0. The van der Waals surface area contributed by atoms with Gasteiger partial charge in [0.2, 0.25) is 0 Å². The van der Waals surface area contributed by atoms with Crippen LogP contribution >= 0.6 is 24.0 Å². The monoisotopic (exact) mass is 402 g/mol. The summed E-state index contributed by atoms with van der Waals surface area (Å²) in [7, 11) is 1.77. The first kappa shape index (κ1) is 17.7. The van der Waals surface area contributed by atoms with E-state index in [4.69, 9.17) is 0 Å². The van der Waals surface area contributed by atoms with Crippen LogP contribution in [-0.2, 0) is 6.42 Å². The lowest BCUT2D eigenvalue weighted by Gasteiger charge is -2.23. The Hall–Kier alpha value is -1.38. The van der Waals surface area contributed by atoms with Crippen LogP contribution in [0.25, 0.3) is 5.65 Å². The zero-order valence-corrected chi connectivity index (χ0v) is 15.3. The number of halogens is 1. The maximum absolute atomic E-state index is 4.21. The summed E-state index contributed by atoms with van der Waals surface area (Å²) in [5.41, 5.74) is 0.864. The topological polar surface area (TPSA) is 66.6 Å². The molecule has 0 aliphatic carbocycles. The van der Waals surface area contributed by atoms with Gasteiger partial charge in [-0.3, -0.25) is 9.39 Å². The molecule has 0 atom stereocenters. The quantitative estimate of drug-likeness (QED) is 0.467. The second kappa shape index (κ2) is 7.58. The molecule has 2 aromatic heterocycles. The predicted molar refractivity (Wildman–Crippen MR) is 96.4 cm³/mol. The average Bonchev–Trinajstić information content (AvgIpc) is 2.80. The van der Waals surface area contributed by atoms with Crippen molar-refractivity contribution in [2.75, 3.05) is 13.6 Å². The van der Waals surface area contributed by atoms with Crippen molar-refractivity contribution in [2.45, 2.75) is 32.7 Å². The molecule has 6 nitrogen and oxygen atoms in total. The van der Waals surface area contributed by atoms with Gasteiger partial charge in [-0.2, -0.15) is 0 Å². The number of nitrogens with zero attached hydrogens (tertiary/aromatic N) is 4. The van der Waals surface area contributed by atoms with E-state index >= 15 is 0 Å². The van der Waals surface area contributed by atoms with Crippen molar-refractivity contribution in [3.05, 3.63) is 30.2 Å². The summed E-state index contributed by atoms with van der Waals surface area (Å²) in [6.07, 6.45) is 2.77. The zero-order valence-electron chi connectivity index (χ0n) is 12.9. The number of rotatable bonds is 3. The lowest BCUT2D eigenvalue weighted by Crippen LogP contribution is -2.48. The molecule has 0 saturated heterocycles. The number of aromatic nitrogens is 3. The number of guanidine groups is 1. The van der Waals surface area contributed by atoms with E-state index in [1.54, 1.807) is 7.05 Å². The Bertz CT molecular complexity index is 599.